The second-order valence-corrected chi connectivity index (χ2v) is 6.77. The first kappa shape index (κ1) is 15.1. The zero-order chi connectivity index (χ0) is 14.5. The van der Waals surface area contributed by atoms with Gasteiger partial charge in [-0.3, -0.25) is 4.90 Å². The number of hydrogen-bond acceptors (Lipinski definition) is 3. The quantitative estimate of drug-likeness (QED) is 0.805. The summed E-state index contributed by atoms with van der Waals surface area (Å²) in [5.41, 5.74) is 1.35. The van der Waals surface area contributed by atoms with Crippen molar-refractivity contribution < 1.29 is 4.42 Å². The van der Waals surface area contributed by atoms with Crippen molar-refractivity contribution in [2.75, 3.05) is 13.1 Å². The Bertz CT molecular complexity index is 427. The zero-order valence-corrected chi connectivity index (χ0v) is 13.4. The molecule has 2 atom stereocenters. The lowest BCUT2D eigenvalue weighted by Crippen LogP contribution is -2.46. The number of fused-ring (bicyclic) bond motifs is 1. The molecule has 3 rings (SSSR count). The first-order valence-corrected chi connectivity index (χ1v) is 8.88. The summed E-state index contributed by atoms with van der Waals surface area (Å²) in [6.07, 6.45) is 11.6. The van der Waals surface area contributed by atoms with Gasteiger partial charge in [0.15, 0.2) is 0 Å². The van der Waals surface area contributed by atoms with E-state index >= 15 is 0 Å². The van der Waals surface area contributed by atoms with Crippen molar-refractivity contribution in [3.8, 4) is 0 Å². The van der Waals surface area contributed by atoms with Crippen LogP contribution in [0.4, 0.5) is 0 Å². The average Bonchev–Trinajstić information content (AvgIpc) is 2.95. The van der Waals surface area contributed by atoms with Crippen LogP contribution < -0.4 is 5.32 Å². The van der Waals surface area contributed by atoms with Crippen molar-refractivity contribution in [2.24, 2.45) is 5.92 Å². The van der Waals surface area contributed by atoms with Crippen molar-refractivity contribution in [3.05, 3.63) is 23.7 Å². The second-order valence-electron chi connectivity index (χ2n) is 6.77. The molecule has 3 heteroatoms. The number of rotatable bonds is 6. The fourth-order valence-corrected chi connectivity index (χ4v) is 4.17. The molecule has 1 N–H and O–H groups in total. The fraction of sp³-hybridized carbons (Fsp3) is 0.778. The Balaban J connectivity index is 1.61. The van der Waals surface area contributed by atoms with Gasteiger partial charge < -0.3 is 9.73 Å². The summed E-state index contributed by atoms with van der Waals surface area (Å²) in [6.45, 7) is 6.50. The van der Waals surface area contributed by atoms with E-state index in [2.05, 4.69) is 23.2 Å². The van der Waals surface area contributed by atoms with Crippen LogP contribution in [0.2, 0.25) is 0 Å². The van der Waals surface area contributed by atoms with Crippen LogP contribution in [-0.2, 0) is 13.1 Å². The predicted octanol–water partition coefficient (Wildman–Crippen LogP) is 3.93. The SMILES string of the molecule is CCCNCc1ccoc1CN1CCC[C@H]2CCCC[C@H]21. The van der Waals surface area contributed by atoms with Gasteiger partial charge >= 0.3 is 0 Å². The van der Waals surface area contributed by atoms with Crippen LogP contribution in [0.1, 0.15) is 63.2 Å². The van der Waals surface area contributed by atoms with Crippen LogP contribution in [0.5, 0.6) is 0 Å². The molecule has 1 aromatic heterocycles. The Morgan fingerprint density at radius 3 is 3.00 bits per heavy atom. The van der Waals surface area contributed by atoms with Crippen LogP contribution in [0.15, 0.2) is 16.7 Å². The first-order chi connectivity index (χ1) is 10.4. The number of nitrogens with zero attached hydrogens (tertiary/aromatic N) is 1. The zero-order valence-electron chi connectivity index (χ0n) is 13.4. The topological polar surface area (TPSA) is 28.4 Å². The molecule has 1 saturated carbocycles. The van der Waals surface area contributed by atoms with Gasteiger partial charge in [-0.15, -0.1) is 0 Å². The van der Waals surface area contributed by atoms with Gasteiger partial charge in [-0.05, 0) is 57.2 Å². The van der Waals surface area contributed by atoms with Crippen LogP contribution in [-0.4, -0.2) is 24.0 Å². The van der Waals surface area contributed by atoms with E-state index in [9.17, 15) is 0 Å². The van der Waals surface area contributed by atoms with Gasteiger partial charge in [-0.2, -0.15) is 0 Å². The molecule has 21 heavy (non-hydrogen) atoms. The molecule has 0 aromatic carbocycles. The summed E-state index contributed by atoms with van der Waals surface area (Å²) in [5, 5.41) is 3.49. The maximum absolute atomic E-state index is 5.80. The highest BCUT2D eigenvalue weighted by atomic mass is 16.3. The predicted molar refractivity (Wildman–Crippen MR) is 86.1 cm³/mol. The smallest absolute Gasteiger partial charge is 0.122 e. The summed E-state index contributed by atoms with van der Waals surface area (Å²) in [6, 6.07) is 2.95. The van der Waals surface area contributed by atoms with Crippen LogP contribution in [0, 0.1) is 5.92 Å². The molecule has 2 fully saturated rings. The van der Waals surface area contributed by atoms with Gasteiger partial charge in [0.1, 0.15) is 5.76 Å². The molecule has 3 nitrogen and oxygen atoms in total. The Kier molecular flexibility index (Phi) is 5.37. The largest absolute Gasteiger partial charge is 0.468 e. The number of nitrogens with one attached hydrogen (secondary N) is 1. The Morgan fingerprint density at radius 2 is 2.10 bits per heavy atom. The van der Waals surface area contributed by atoms with E-state index in [0.717, 1.165) is 31.6 Å². The molecule has 0 unspecified atom stereocenters. The molecule has 1 aliphatic heterocycles. The number of likely N-dealkylation sites (tertiary alicyclic amines) is 1. The maximum Gasteiger partial charge on any atom is 0.122 e. The van der Waals surface area contributed by atoms with E-state index in [0.29, 0.717) is 0 Å². The molecule has 118 valence electrons. The molecule has 0 bridgehead atoms. The highest BCUT2D eigenvalue weighted by Gasteiger charge is 2.33. The van der Waals surface area contributed by atoms with Crippen molar-refractivity contribution >= 4 is 0 Å². The molecular formula is C18H30N2O. The highest BCUT2D eigenvalue weighted by Crippen LogP contribution is 2.36. The third-order valence-corrected chi connectivity index (χ3v) is 5.28. The minimum atomic E-state index is 0.814. The lowest BCUT2D eigenvalue weighted by atomic mass is 9.78. The molecule has 1 aromatic rings. The number of hydrogen-bond donors (Lipinski definition) is 1. The molecule has 0 amide bonds. The molecular weight excluding hydrogens is 260 g/mol. The van der Waals surface area contributed by atoms with Crippen LogP contribution >= 0.6 is 0 Å². The average molecular weight is 290 g/mol. The van der Waals surface area contributed by atoms with Crippen LogP contribution in [0.25, 0.3) is 0 Å². The van der Waals surface area contributed by atoms with Gasteiger partial charge in [0.05, 0.1) is 12.8 Å². The minimum absolute atomic E-state index is 0.814. The third-order valence-electron chi connectivity index (χ3n) is 5.28. The molecule has 1 aliphatic carbocycles. The lowest BCUT2D eigenvalue weighted by Gasteiger charge is -2.44. The minimum Gasteiger partial charge on any atom is -0.468 e. The maximum atomic E-state index is 5.80. The Labute approximate surface area is 129 Å². The molecule has 2 heterocycles. The van der Waals surface area contributed by atoms with Crippen molar-refractivity contribution in [2.45, 2.75) is 71.0 Å². The van der Waals surface area contributed by atoms with E-state index in [1.54, 1.807) is 0 Å². The van der Waals surface area contributed by atoms with E-state index < -0.39 is 0 Å². The van der Waals surface area contributed by atoms with Crippen molar-refractivity contribution in [3.63, 3.8) is 0 Å². The molecule has 2 aliphatic rings. The van der Waals surface area contributed by atoms with E-state index in [1.807, 2.05) is 6.26 Å². The summed E-state index contributed by atoms with van der Waals surface area (Å²) in [7, 11) is 0. The summed E-state index contributed by atoms with van der Waals surface area (Å²) < 4.78 is 5.80. The summed E-state index contributed by atoms with van der Waals surface area (Å²) in [4.78, 5) is 2.70. The van der Waals surface area contributed by atoms with Crippen LogP contribution in [0.3, 0.4) is 0 Å². The molecule has 1 saturated heterocycles. The fourth-order valence-electron chi connectivity index (χ4n) is 4.17. The van der Waals surface area contributed by atoms with Gasteiger partial charge in [0.25, 0.3) is 0 Å². The standard InChI is InChI=1S/C18H30N2O/c1-2-10-19-13-16-9-12-21-18(16)14-20-11-5-7-15-6-3-4-8-17(15)20/h9,12,15,17,19H,2-8,10-11,13-14H2,1H3/t15-,17-/m1/s1. The lowest BCUT2D eigenvalue weighted by molar-refractivity contribution is 0.0492. The van der Waals surface area contributed by atoms with E-state index in [1.165, 1.54) is 62.8 Å². The van der Waals surface area contributed by atoms with Gasteiger partial charge in [-0.25, -0.2) is 0 Å². The van der Waals surface area contributed by atoms with Crippen molar-refractivity contribution in [1.29, 1.82) is 0 Å². The monoisotopic (exact) mass is 290 g/mol. The van der Waals surface area contributed by atoms with Gasteiger partial charge in [-0.1, -0.05) is 19.8 Å². The third kappa shape index (κ3) is 3.70. The Hall–Kier alpha value is -0.800. The van der Waals surface area contributed by atoms with E-state index in [-0.39, 0.29) is 0 Å². The Morgan fingerprint density at radius 1 is 1.24 bits per heavy atom. The highest BCUT2D eigenvalue weighted by molar-refractivity contribution is 5.17. The number of furan rings is 1. The normalized spacial score (nSPS) is 26.7. The second kappa shape index (κ2) is 7.46. The summed E-state index contributed by atoms with van der Waals surface area (Å²) >= 11 is 0. The summed E-state index contributed by atoms with van der Waals surface area (Å²) in [5.74, 6) is 2.13. The van der Waals surface area contributed by atoms with Gasteiger partial charge in [0, 0.05) is 18.2 Å². The van der Waals surface area contributed by atoms with Gasteiger partial charge in [0.2, 0.25) is 0 Å². The van der Waals surface area contributed by atoms with E-state index in [4.69, 9.17) is 4.42 Å². The number of piperidine rings is 1. The molecule has 0 spiro atoms. The first-order valence-electron chi connectivity index (χ1n) is 8.88. The van der Waals surface area contributed by atoms with Crippen molar-refractivity contribution in [1.82, 2.24) is 10.2 Å². The molecule has 0 radical (unpaired) electrons.